The van der Waals surface area contributed by atoms with Crippen LogP contribution in [0.2, 0.25) is 0 Å². The van der Waals surface area contributed by atoms with Crippen LogP contribution >= 0.6 is 0 Å². The number of unbranched alkanes of at least 4 members (excludes halogenated alkanes) is 2. The van der Waals surface area contributed by atoms with Gasteiger partial charge in [-0.1, -0.05) is 37.5 Å². The summed E-state index contributed by atoms with van der Waals surface area (Å²) in [5.41, 5.74) is 0.956. The van der Waals surface area contributed by atoms with E-state index in [1.165, 1.54) is 31.4 Å². The molecule has 0 amide bonds. The maximum Gasteiger partial charge on any atom is 0.294 e. The van der Waals surface area contributed by atoms with Crippen molar-refractivity contribution in [2.24, 2.45) is 0 Å². The van der Waals surface area contributed by atoms with Crippen LogP contribution in [0.3, 0.4) is 0 Å². The SMILES string of the molecule is CCCCCn1ccnc1.Cc1ccc(S(=O)(=O)O)cc1. The number of aryl methyl sites for hydroxylation is 2. The van der Waals surface area contributed by atoms with Crippen LogP contribution in [0.25, 0.3) is 0 Å². The van der Waals surface area contributed by atoms with Gasteiger partial charge in [0, 0.05) is 18.9 Å². The lowest BCUT2D eigenvalue weighted by Crippen LogP contribution is -1.96. The lowest BCUT2D eigenvalue weighted by molar-refractivity contribution is 0.483. The fourth-order valence-electron chi connectivity index (χ4n) is 1.67. The Balaban J connectivity index is 0.000000211. The molecular formula is C15H22N2O3S. The van der Waals surface area contributed by atoms with E-state index >= 15 is 0 Å². The van der Waals surface area contributed by atoms with Crippen LogP contribution in [0.15, 0.2) is 47.9 Å². The molecule has 1 heterocycles. The van der Waals surface area contributed by atoms with Crippen LogP contribution < -0.4 is 0 Å². The maximum atomic E-state index is 10.5. The summed E-state index contributed by atoms with van der Waals surface area (Å²) < 4.78 is 31.7. The van der Waals surface area contributed by atoms with Gasteiger partial charge in [0.2, 0.25) is 0 Å². The van der Waals surface area contributed by atoms with E-state index in [4.69, 9.17) is 4.55 Å². The minimum Gasteiger partial charge on any atom is -0.337 e. The third kappa shape index (κ3) is 7.06. The zero-order chi connectivity index (χ0) is 15.7. The van der Waals surface area contributed by atoms with Crippen molar-refractivity contribution in [1.29, 1.82) is 0 Å². The van der Waals surface area contributed by atoms with E-state index in [2.05, 4.69) is 16.5 Å². The second-order valence-electron chi connectivity index (χ2n) is 4.80. The molecule has 6 heteroatoms. The van der Waals surface area contributed by atoms with E-state index in [-0.39, 0.29) is 4.90 Å². The average Bonchev–Trinajstić information content (AvgIpc) is 2.92. The van der Waals surface area contributed by atoms with Crippen LogP contribution in [-0.4, -0.2) is 22.5 Å². The molecule has 0 saturated heterocycles. The van der Waals surface area contributed by atoms with Crippen molar-refractivity contribution in [2.45, 2.75) is 44.6 Å². The third-order valence-electron chi connectivity index (χ3n) is 2.90. The number of rotatable bonds is 5. The zero-order valence-electron chi connectivity index (χ0n) is 12.4. The standard InChI is InChI=1S/C8H14N2.C7H8O3S/c1-2-3-4-6-10-7-5-9-8-10;1-6-2-4-7(5-3-6)11(8,9)10/h5,7-8H,2-4,6H2,1H3;2-5H,1H3,(H,8,9,10). The first-order chi connectivity index (χ1) is 9.93. The first kappa shape index (κ1) is 17.4. The molecule has 0 aliphatic carbocycles. The Bertz CT molecular complexity index is 605. The fourth-order valence-corrected chi connectivity index (χ4v) is 2.15. The Morgan fingerprint density at radius 3 is 2.33 bits per heavy atom. The summed E-state index contributed by atoms with van der Waals surface area (Å²) in [5, 5.41) is 0. The molecule has 5 nitrogen and oxygen atoms in total. The molecule has 0 aliphatic rings. The van der Waals surface area contributed by atoms with E-state index in [9.17, 15) is 8.42 Å². The summed E-state index contributed by atoms with van der Waals surface area (Å²) in [7, 11) is -4.02. The topological polar surface area (TPSA) is 72.2 Å². The minimum absolute atomic E-state index is 0.0666. The first-order valence-electron chi connectivity index (χ1n) is 6.93. The molecule has 2 rings (SSSR count). The van der Waals surface area contributed by atoms with Crippen molar-refractivity contribution < 1.29 is 13.0 Å². The molecule has 0 bridgehead atoms. The Morgan fingerprint density at radius 1 is 1.19 bits per heavy atom. The van der Waals surface area contributed by atoms with Crippen molar-refractivity contribution in [3.63, 3.8) is 0 Å². The number of imidazole rings is 1. The average molecular weight is 310 g/mol. The quantitative estimate of drug-likeness (QED) is 0.679. The first-order valence-corrected chi connectivity index (χ1v) is 8.37. The largest absolute Gasteiger partial charge is 0.337 e. The van der Waals surface area contributed by atoms with Crippen molar-refractivity contribution in [2.75, 3.05) is 0 Å². The molecule has 1 N–H and O–H groups in total. The van der Waals surface area contributed by atoms with Gasteiger partial charge in [0.25, 0.3) is 10.1 Å². The minimum atomic E-state index is -4.02. The zero-order valence-corrected chi connectivity index (χ0v) is 13.3. The van der Waals surface area contributed by atoms with Crippen LogP contribution in [0.4, 0.5) is 0 Å². The van der Waals surface area contributed by atoms with Gasteiger partial charge in [-0.15, -0.1) is 0 Å². The molecule has 0 unspecified atom stereocenters. The molecule has 1 aromatic heterocycles. The monoisotopic (exact) mass is 310 g/mol. The molecule has 116 valence electrons. The van der Waals surface area contributed by atoms with Crippen molar-refractivity contribution >= 4 is 10.1 Å². The molecule has 21 heavy (non-hydrogen) atoms. The second-order valence-corrected chi connectivity index (χ2v) is 6.22. The number of aromatic nitrogens is 2. The van der Waals surface area contributed by atoms with Crippen LogP contribution in [-0.2, 0) is 16.7 Å². The number of hydrogen-bond acceptors (Lipinski definition) is 3. The summed E-state index contributed by atoms with van der Waals surface area (Å²) in [6.45, 7) is 5.18. The molecule has 1 aromatic carbocycles. The fraction of sp³-hybridized carbons (Fsp3) is 0.400. The van der Waals surface area contributed by atoms with Gasteiger partial charge in [0.15, 0.2) is 0 Å². The van der Waals surface area contributed by atoms with Crippen LogP contribution in [0.1, 0.15) is 31.7 Å². The molecular weight excluding hydrogens is 288 g/mol. The highest BCUT2D eigenvalue weighted by Gasteiger charge is 2.06. The van der Waals surface area contributed by atoms with Crippen molar-refractivity contribution in [3.8, 4) is 0 Å². The number of nitrogens with zero attached hydrogens (tertiary/aromatic N) is 2. The summed E-state index contributed by atoms with van der Waals surface area (Å²) in [6.07, 6.45) is 9.58. The smallest absolute Gasteiger partial charge is 0.294 e. The van der Waals surface area contributed by atoms with Gasteiger partial charge in [-0.05, 0) is 25.5 Å². The van der Waals surface area contributed by atoms with E-state index in [1.807, 2.05) is 25.6 Å². The van der Waals surface area contributed by atoms with Gasteiger partial charge < -0.3 is 4.57 Å². The van der Waals surface area contributed by atoms with Crippen molar-refractivity contribution in [1.82, 2.24) is 9.55 Å². The molecule has 0 atom stereocenters. The molecule has 0 spiro atoms. The lowest BCUT2D eigenvalue weighted by Gasteiger charge is -1.98. The predicted octanol–water partition coefficient (Wildman–Crippen LogP) is 3.32. The summed E-state index contributed by atoms with van der Waals surface area (Å²) in [5.74, 6) is 0. The summed E-state index contributed by atoms with van der Waals surface area (Å²) in [4.78, 5) is 3.90. The van der Waals surface area contributed by atoms with Gasteiger partial charge in [0.05, 0.1) is 11.2 Å². The van der Waals surface area contributed by atoms with Gasteiger partial charge in [-0.3, -0.25) is 4.55 Å². The predicted molar refractivity (Wildman–Crippen MR) is 82.7 cm³/mol. The lowest BCUT2D eigenvalue weighted by atomic mass is 10.2. The van der Waals surface area contributed by atoms with E-state index in [0.29, 0.717) is 0 Å². The van der Waals surface area contributed by atoms with E-state index in [1.54, 1.807) is 12.1 Å². The number of hydrogen-bond donors (Lipinski definition) is 1. The van der Waals surface area contributed by atoms with Crippen LogP contribution in [0, 0.1) is 6.92 Å². The van der Waals surface area contributed by atoms with Crippen molar-refractivity contribution in [3.05, 3.63) is 48.5 Å². The Morgan fingerprint density at radius 2 is 1.86 bits per heavy atom. The molecule has 0 saturated carbocycles. The Kier molecular flexibility index (Phi) is 7.11. The van der Waals surface area contributed by atoms with Gasteiger partial charge in [-0.25, -0.2) is 4.98 Å². The normalized spacial score (nSPS) is 10.8. The molecule has 0 fully saturated rings. The summed E-state index contributed by atoms with van der Waals surface area (Å²) >= 11 is 0. The van der Waals surface area contributed by atoms with Gasteiger partial charge >= 0.3 is 0 Å². The summed E-state index contributed by atoms with van der Waals surface area (Å²) in [6, 6.07) is 5.99. The second kappa shape index (κ2) is 8.59. The Labute approximate surface area is 126 Å². The Hall–Kier alpha value is -1.66. The number of benzene rings is 1. The van der Waals surface area contributed by atoms with Crippen LogP contribution in [0.5, 0.6) is 0 Å². The highest BCUT2D eigenvalue weighted by molar-refractivity contribution is 7.85. The highest BCUT2D eigenvalue weighted by atomic mass is 32.2. The third-order valence-corrected chi connectivity index (χ3v) is 3.77. The maximum absolute atomic E-state index is 10.5. The van der Waals surface area contributed by atoms with E-state index < -0.39 is 10.1 Å². The molecule has 2 aromatic rings. The highest BCUT2D eigenvalue weighted by Crippen LogP contribution is 2.08. The molecule has 0 aliphatic heterocycles. The van der Waals surface area contributed by atoms with E-state index in [0.717, 1.165) is 12.1 Å². The van der Waals surface area contributed by atoms with Gasteiger partial charge in [-0.2, -0.15) is 8.42 Å². The molecule has 0 radical (unpaired) electrons. The van der Waals surface area contributed by atoms with Gasteiger partial charge in [0.1, 0.15) is 0 Å².